The van der Waals surface area contributed by atoms with Crippen molar-refractivity contribution in [1.29, 1.82) is 0 Å². The molecule has 0 aromatic carbocycles. The van der Waals surface area contributed by atoms with Crippen LogP contribution >= 0.6 is 11.8 Å². The van der Waals surface area contributed by atoms with Crippen LogP contribution in [0.4, 0.5) is 0 Å². The Labute approximate surface area is 110 Å². The fraction of sp³-hybridized carbons (Fsp3) is 0.700. The van der Waals surface area contributed by atoms with E-state index in [4.69, 9.17) is 10.2 Å². The van der Waals surface area contributed by atoms with E-state index in [0.717, 1.165) is 0 Å². The Bertz CT molecular complexity index is 379. The number of carbonyl (C=O) groups excluding carboxylic acids is 1. The Morgan fingerprint density at radius 1 is 1.50 bits per heavy atom. The summed E-state index contributed by atoms with van der Waals surface area (Å²) < 4.78 is 1.87. The summed E-state index contributed by atoms with van der Waals surface area (Å²) in [5, 5.41) is 28.6. The van der Waals surface area contributed by atoms with Crippen molar-refractivity contribution in [3.63, 3.8) is 0 Å². The third-order valence-electron chi connectivity index (χ3n) is 2.23. The number of aliphatic hydroxyl groups is 2. The van der Waals surface area contributed by atoms with Gasteiger partial charge in [-0.1, -0.05) is 11.8 Å². The van der Waals surface area contributed by atoms with Gasteiger partial charge in [-0.2, -0.15) is 0 Å². The minimum Gasteiger partial charge on any atom is -0.394 e. The number of hydrogen-bond acceptors (Lipinski definition) is 6. The molecule has 0 aliphatic carbocycles. The van der Waals surface area contributed by atoms with Crippen molar-refractivity contribution in [3.05, 3.63) is 6.33 Å². The van der Waals surface area contributed by atoms with Crippen LogP contribution in [0.1, 0.15) is 19.9 Å². The Hall–Kier alpha value is -1.12. The van der Waals surface area contributed by atoms with Crippen LogP contribution in [0.25, 0.3) is 0 Å². The topological polar surface area (TPSA) is 100 Å². The van der Waals surface area contributed by atoms with Gasteiger partial charge in [0.25, 0.3) is 0 Å². The van der Waals surface area contributed by atoms with E-state index in [2.05, 4.69) is 15.5 Å². The minimum atomic E-state index is -0.610. The van der Waals surface area contributed by atoms with E-state index in [9.17, 15) is 4.79 Å². The molecular formula is C10H18N4O3S. The van der Waals surface area contributed by atoms with Gasteiger partial charge < -0.3 is 20.1 Å². The summed E-state index contributed by atoms with van der Waals surface area (Å²) in [6.45, 7) is 3.44. The highest BCUT2D eigenvalue weighted by atomic mass is 32.2. The first kappa shape index (κ1) is 14.9. The maximum Gasteiger partial charge on any atom is 0.230 e. The molecule has 0 saturated carbocycles. The molecular weight excluding hydrogens is 256 g/mol. The normalized spacial score (nSPS) is 11.2. The van der Waals surface area contributed by atoms with Crippen LogP contribution in [-0.2, 0) is 4.79 Å². The molecule has 18 heavy (non-hydrogen) atoms. The SMILES string of the molecule is CC(C)n1cnnc1SCC(=O)NC(CO)CO. The lowest BCUT2D eigenvalue weighted by Crippen LogP contribution is -2.41. The van der Waals surface area contributed by atoms with Crippen molar-refractivity contribution in [2.24, 2.45) is 0 Å². The number of aliphatic hydroxyl groups excluding tert-OH is 2. The van der Waals surface area contributed by atoms with Gasteiger partial charge in [-0.3, -0.25) is 4.79 Å². The molecule has 0 bridgehead atoms. The van der Waals surface area contributed by atoms with Crippen LogP contribution in [0.3, 0.4) is 0 Å². The van der Waals surface area contributed by atoms with Crippen LogP contribution in [0.15, 0.2) is 11.5 Å². The molecule has 0 unspecified atom stereocenters. The Morgan fingerprint density at radius 2 is 2.17 bits per heavy atom. The van der Waals surface area contributed by atoms with Crippen LogP contribution in [-0.4, -0.2) is 55.9 Å². The molecule has 0 fully saturated rings. The summed E-state index contributed by atoms with van der Waals surface area (Å²) in [5.74, 6) is -0.0894. The van der Waals surface area contributed by atoms with Crippen LogP contribution in [0.2, 0.25) is 0 Å². The fourth-order valence-electron chi connectivity index (χ4n) is 1.24. The average molecular weight is 274 g/mol. The Morgan fingerprint density at radius 3 is 2.72 bits per heavy atom. The number of nitrogens with zero attached hydrogens (tertiary/aromatic N) is 3. The van der Waals surface area contributed by atoms with Crippen molar-refractivity contribution >= 4 is 17.7 Å². The van der Waals surface area contributed by atoms with Gasteiger partial charge in [0.2, 0.25) is 5.91 Å². The first-order chi connectivity index (χ1) is 8.58. The molecule has 7 nitrogen and oxygen atoms in total. The van der Waals surface area contributed by atoms with E-state index in [1.165, 1.54) is 11.8 Å². The third-order valence-corrected chi connectivity index (χ3v) is 3.19. The van der Waals surface area contributed by atoms with Crippen LogP contribution in [0, 0.1) is 0 Å². The summed E-state index contributed by atoms with van der Waals surface area (Å²) in [7, 11) is 0. The summed E-state index contributed by atoms with van der Waals surface area (Å²) >= 11 is 1.27. The number of amides is 1. The van der Waals surface area contributed by atoms with Gasteiger partial charge in [-0.25, -0.2) is 0 Å². The van der Waals surface area contributed by atoms with Gasteiger partial charge in [-0.15, -0.1) is 10.2 Å². The van der Waals surface area contributed by atoms with Gasteiger partial charge in [0.05, 0.1) is 25.0 Å². The average Bonchev–Trinajstić information content (AvgIpc) is 2.81. The second-order valence-corrected chi connectivity index (χ2v) is 4.98. The summed E-state index contributed by atoms with van der Waals surface area (Å²) in [5.41, 5.74) is 0. The smallest absolute Gasteiger partial charge is 0.230 e. The zero-order valence-corrected chi connectivity index (χ0v) is 11.2. The van der Waals surface area contributed by atoms with Crippen molar-refractivity contribution in [3.8, 4) is 0 Å². The number of carbonyl (C=O) groups is 1. The molecule has 1 aromatic heterocycles. The molecule has 0 aliphatic rings. The minimum absolute atomic E-state index is 0.169. The molecule has 1 aromatic rings. The van der Waals surface area contributed by atoms with E-state index < -0.39 is 6.04 Å². The highest BCUT2D eigenvalue weighted by Gasteiger charge is 2.13. The summed E-state index contributed by atoms with van der Waals surface area (Å²) in [4.78, 5) is 11.5. The standard InChI is InChI=1S/C10H18N4O3S/c1-7(2)14-6-11-13-10(14)18-5-9(17)12-8(3-15)4-16/h6-8,15-16H,3-5H2,1-2H3,(H,12,17). The van der Waals surface area contributed by atoms with Gasteiger partial charge in [0.15, 0.2) is 5.16 Å². The maximum absolute atomic E-state index is 11.5. The third kappa shape index (κ3) is 4.28. The largest absolute Gasteiger partial charge is 0.394 e. The zero-order valence-electron chi connectivity index (χ0n) is 10.4. The summed E-state index contributed by atoms with van der Waals surface area (Å²) in [6.07, 6.45) is 1.62. The predicted molar refractivity (Wildman–Crippen MR) is 67.2 cm³/mol. The van der Waals surface area contributed by atoms with Gasteiger partial charge in [-0.05, 0) is 13.8 Å². The lowest BCUT2D eigenvalue weighted by molar-refractivity contribution is -0.119. The fourth-order valence-corrected chi connectivity index (χ4v) is 2.09. The number of aromatic nitrogens is 3. The highest BCUT2D eigenvalue weighted by Crippen LogP contribution is 2.18. The molecule has 1 heterocycles. The van der Waals surface area contributed by atoms with Crippen molar-refractivity contribution in [2.75, 3.05) is 19.0 Å². The highest BCUT2D eigenvalue weighted by molar-refractivity contribution is 7.99. The van der Waals surface area contributed by atoms with Crippen molar-refractivity contribution in [1.82, 2.24) is 20.1 Å². The number of nitrogens with one attached hydrogen (secondary N) is 1. The van der Waals surface area contributed by atoms with Crippen molar-refractivity contribution in [2.45, 2.75) is 31.1 Å². The molecule has 102 valence electrons. The first-order valence-electron chi connectivity index (χ1n) is 5.61. The molecule has 0 radical (unpaired) electrons. The maximum atomic E-state index is 11.5. The Kier molecular flexibility index (Phi) is 6.10. The van der Waals surface area contributed by atoms with Gasteiger partial charge in [0, 0.05) is 6.04 Å². The lowest BCUT2D eigenvalue weighted by atomic mass is 10.3. The molecule has 1 amide bonds. The van der Waals surface area contributed by atoms with E-state index in [-0.39, 0.29) is 30.9 Å². The second-order valence-electron chi connectivity index (χ2n) is 4.03. The molecule has 1 rings (SSSR count). The Balaban J connectivity index is 2.45. The van der Waals surface area contributed by atoms with Crippen LogP contribution in [0.5, 0.6) is 0 Å². The second kappa shape index (κ2) is 7.34. The van der Waals surface area contributed by atoms with E-state index in [1.54, 1.807) is 6.33 Å². The monoisotopic (exact) mass is 274 g/mol. The molecule has 0 aliphatic heterocycles. The van der Waals surface area contributed by atoms with E-state index in [1.807, 2.05) is 18.4 Å². The van der Waals surface area contributed by atoms with Crippen molar-refractivity contribution < 1.29 is 15.0 Å². The quantitative estimate of drug-likeness (QED) is 0.575. The van der Waals surface area contributed by atoms with Crippen LogP contribution < -0.4 is 5.32 Å². The van der Waals surface area contributed by atoms with E-state index >= 15 is 0 Å². The predicted octanol–water partition coefficient (Wildman–Crippen LogP) is -0.580. The zero-order chi connectivity index (χ0) is 13.5. The summed E-state index contributed by atoms with van der Waals surface area (Å²) in [6, 6.07) is -0.380. The number of hydrogen-bond donors (Lipinski definition) is 3. The number of rotatable bonds is 7. The lowest BCUT2D eigenvalue weighted by Gasteiger charge is -2.13. The van der Waals surface area contributed by atoms with Gasteiger partial charge >= 0.3 is 0 Å². The molecule has 8 heteroatoms. The molecule has 0 spiro atoms. The first-order valence-corrected chi connectivity index (χ1v) is 6.60. The van der Waals surface area contributed by atoms with Gasteiger partial charge in [0.1, 0.15) is 6.33 Å². The number of thioether (sulfide) groups is 1. The molecule has 0 atom stereocenters. The van der Waals surface area contributed by atoms with E-state index in [0.29, 0.717) is 5.16 Å². The molecule has 0 saturated heterocycles. The molecule has 3 N–H and O–H groups in total.